The van der Waals surface area contributed by atoms with Gasteiger partial charge >= 0.3 is 0 Å². The Morgan fingerprint density at radius 2 is 1.34 bits per heavy atom. The standard InChI is InChI=1S/C28H25N/c1-20(2)19-21-15-17-22(18-16-21)24-12-8-13-26-25-11-6-7-14-27(25)29(28(24)26)23-9-4-3-5-10-23/h3-18,20H,19H2,1-2H3. The van der Waals surface area contributed by atoms with Gasteiger partial charge in [0.05, 0.1) is 11.0 Å². The monoisotopic (exact) mass is 375 g/mol. The van der Waals surface area contributed by atoms with Gasteiger partial charge in [0.25, 0.3) is 0 Å². The van der Waals surface area contributed by atoms with Gasteiger partial charge in [0.15, 0.2) is 0 Å². The lowest BCUT2D eigenvalue weighted by Crippen LogP contribution is -1.96. The number of benzene rings is 4. The maximum atomic E-state index is 2.40. The average molecular weight is 376 g/mol. The smallest absolute Gasteiger partial charge is 0.0619 e. The highest BCUT2D eigenvalue weighted by Crippen LogP contribution is 2.37. The summed E-state index contributed by atoms with van der Waals surface area (Å²) >= 11 is 0. The van der Waals surface area contributed by atoms with Gasteiger partial charge in [0.2, 0.25) is 0 Å². The van der Waals surface area contributed by atoms with Crippen LogP contribution in [-0.4, -0.2) is 4.57 Å². The molecule has 0 unspecified atom stereocenters. The third kappa shape index (κ3) is 3.13. The Balaban J connectivity index is 1.79. The highest BCUT2D eigenvalue weighted by Gasteiger charge is 2.15. The summed E-state index contributed by atoms with van der Waals surface area (Å²) in [5.41, 5.74) is 7.66. The summed E-state index contributed by atoms with van der Waals surface area (Å²) < 4.78 is 2.40. The average Bonchev–Trinajstić information content (AvgIpc) is 3.09. The van der Waals surface area contributed by atoms with Gasteiger partial charge in [0, 0.05) is 22.0 Å². The molecule has 1 heteroatoms. The SMILES string of the molecule is CC(C)Cc1ccc(-c2cccc3c4ccccc4n(-c4ccccc4)c23)cc1. The first-order valence-electron chi connectivity index (χ1n) is 10.4. The Morgan fingerprint density at radius 1 is 0.655 bits per heavy atom. The van der Waals surface area contributed by atoms with Crippen LogP contribution in [0.3, 0.4) is 0 Å². The summed E-state index contributed by atoms with van der Waals surface area (Å²) in [6.45, 7) is 4.54. The minimum Gasteiger partial charge on any atom is -0.309 e. The fourth-order valence-corrected chi connectivity index (χ4v) is 4.39. The molecule has 0 aliphatic rings. The fraction of sp³-hybridized carbons (Fsp3) is 0.143. The molecule has 0 saturated heterocycles. The van der Waals surface area contributed by atoms with Crippen molar-refractivity contribution in [3.63, 3.8) is 0 Å². The first kappa shape index (κ1) is 17.8. The van der Waals surface area contributed by atoms with E-state index in [-0.39, 0.29) is 0 Å². The summed E-state index contributed by atoms with van der Waals surface area (Å²) in [6, 6.07) is 35.2. The van der Waals surface area contributed by atoms with E-state index in [1.54, 1.807) is 0 Å². The van der Waals surface area contributed by atoms with E-state index in [9.17, 15) is 0 Å². The largest absolute Gasteiger partial charge is 0.309 e. The van der Waals surface area contributed by atoms with Crippen molar-refractivity contribution in [3.05, 3.63) is 103 Å². The van der Waals surface area contributed by atoms with Crippen LogP contribution in [0.15, 0.2) is 97.1 Å². The van der Waals surface area contributed by atoms with Crippen LogP contribution in [0.1, 0.15) is 19.4 Å². The summed E-state index contributed by atoms with van der Waals surface area (Å²) in [4.78, 5) is 0. The minimum absolute atomic E-state index is 0.671. The van der Waals surface area contributed by atoms with Crippen LogP contribution in [0.5, 0.6) is 0 Å². The van der Waals surface area contributed by atoms with E-state index in [1.165, 1.54) is 44.2 Å². The number of rotatable bonds is 4. The van der Waals surface area contributed by atoms with Crippen LogP contribution >= 0.6 is 0 Å². The van der Waals surface area contributed by atoms with Crippen molar-refractivity contribution in [2.75, 3.05) is 0 Å². The lowest BCUT2D eigenvalue weighted by molar-refractivity contribution is 0.647. The van der Waals surface area contributed by atoms with Crippen LogP contribution in [-0.2, 0) is 6.42 Å². The van der Waals surface area contributed by atoms with Crippen molar-refractivity contribution in [1.29, 1.82) is 0 Å². The quantitative estimate of drug-likeness (QED) is 0.304. The Morgan fingerprint density at radius 3 is 2.10 bits per heavy atom. The molecule has 142 valence electrons. The van der Waals surface area contributed by atoms with Gasteiger partial charge in [-0.2, -0.15) is 0 Å². The molecule has 4 aromatic carbocycles. The maximum absolute atomic E-state index is 2.40. The van der Waals surface area contributed by atoms with Crippen molar-refractivity contribution < 1.29 is 0 Å². The molecule has 0 saturated carbocycles. The molecule has 1 nitrogen and oxygen atoms in total. The molecule has 5 aromatic rings. The van der Waals surface area contributed by atoms with Crippen LogP contribution < -0.4 is 0 Å². The molecule has 1 aromatic heterocycles. The van der Waals surface area contributed by atoms with Crippen molar-refractivity contribution in [3.8, 4) is 16.8 Å². The Labute approximate surface area is 172 Å². The van der Waals surface area contributed by atoms with Gasteiger partial charge in [-0.3, -0.25) is 0 Å². The first-order chi connectivity index (χ1) is 14.2. The lowest BCUT2D eigenvalue weighted by atomic mass is 9.98. The number of para-hydroxylation sites is 3. The van der Waals surface area contributed by atoms with Gasteiger partial charge < -0.3 is 4.57 Å². The number of hydrogen-bond acceptors (Lipinski definition) is 0. The second kappa shape index (κ2) is 7.25. The molecule has 5 rings (SSSR count). The van der Waals surface area contributed by atoms with Crippen molar-refractivity contribution in [2.45, 2.75) is 20.3 Å². The van der Waals surface area contributed by atoms with Crippen molar-refractivity contribution in [2.24, 2.45) is 5.92 Å². The third-order valence-corrected chi connectivity index (χ3v) is 5.62. The topological polar surface area (TPSA) is 4.93 Å². The molecule has 29 heavy (non-hydrogen) atoms. The second-order valence-corrected chi connectivity index (χ2v) is 8.18. The number of nitrogens with zero attached hydrogens (tertiary/aromatic N) is 1. The summed E-state index contributed by atoms with van der Waals surface area (Å²) in [7, 11) is 0. The molecule has 0 amide bonds. The zero-order valence-electron chi connectivity index (χ0n) is 17.0. The molecule has 0 atom stereocenters. The van der Waals surface area contributed by atoms with Crippen LogP contribution in [0.2, 0.25) is 0 Å². The highest BCUT2D eigenvalue weighted by atomic mass is 15.0. The van der Waals surface area contributed by atoms with E-state index in [1.807, 2.05) is 0 Å². The molecule has 0 radical (unpaired) electrons. The predicted octanol–water partition coefficient (Wildman–Crippen LogP) is 7.65. The zero-order valence-corrected chi connectivity index (χ0v) is 17.0. The molecule has 0 aliphatic carbocycles. The number of fused-ring (bicyclic) bond motifs is 3. The van der Waals surface area contributed by atoms with Gasteiger partial charge in [0.1, 0.15) is 0 Å². The van der Waals surface area contributed by atoms with Gasteiger partial charge in [-0.1, -0.05) is 92.7 Å². The lowest BCUT2D eigenvalue weighted by Gasteiger charge is -2.12. The second-order valence-electron chi connectivity index (χ2n) is 8.18. The number of aromatic nitrogens is 1. The third-order valence-electron chi connectivity index (χ3n) is 5.62. The van der Waals surface area contributed by atoms with Crippen molar-refractivity contribution >= 4 is 21.8 Å². The fourth-order valence-electron chi connectivity index (χ4n) is 4.39. The van der Waals surface area contributed by atoms with Gasteiger partial charge in [-0.25, -0.2) is 0 Å². The molecule has 0 spiro atoms. The highest BCUT2D eigenvalue weighted by molar-refractivity contribution is 6.13. The van der Waals surface area contributed by atoms with E-state index in [0.29, 0.717) is 5.92 Å². The minimum atomic E-state index is 0.671. The first-order valence-corrected chi connectivity index (χ1v) is 10.4. The molecule has 0 aliphatic heterocycles. The van der Waals surface area contributed by atoms with E-state index in [4.69, 9.17) is 0 Å². The van der Waals surface area contributed by atoms with Crippen LogP contribution in [0, 0.1) is 5.92 Å². The molecular formula is C28H25N. The van der Waals surface area contributed by atoms with Gasteiger partial charge in [-0.05, 0) is 41.7 Å². The van der Waals surface area contributed by atoms with E-state index in [2.05, 4.69) is 115 Å². The van der Waals surface area contributed by atoms with E-state index in [0.717, 1.165) is 6.42 Å². The predicted molar refractivity (Wildman–Crippen MR) is 125 cm³/mol. The Bertz CT molecular complexity index is 1270. The summed E-state index contributed by atoms with van der Waals surface area (Å²) in [6.07, 6.45) is 1.12. The normalized spacial score (nSPS) is 11.6. The molecule has 1 heterocycles. The Hall–Kier alpha value is -3.32. The Kier molecular flexibility index (Phi) is 4.44. The molecule has 0 N–H and O–H groups in total. The van der Waals surface area contributed by atoms with Crippen LogP contribution in [0.4, 0.5) is 0 Å². The van der Waals surface area contributed by atoms with E-state index >= 15 is 0 Å². The van der Waals surface area contributed by atoms with Crippen LogP contribution in [0.25, 0.3) is 38.6 Å². The zero-order chi connectivity index (χ0) is 19.8. The van der Waals surface area contributed by atoms with Crippen molar-refractivity contribution in [1.82, 2.24) is 4.57 Å². The molecular weight excluding hydrogens is 350 g/mol. The van der Waals surface area contributed by atoms with Gasteiger partial charge in [-0.15, -0.1) is 0 Å². The number of hydrogen-bond donors (Lipinski definition) is 0. The summed E-state index contributed by atoms with van der Waals surface area (Å²) in [5, 5.41) is 2.60. The molecule has 0 fully saturated rings. The van der Waals surface area contributed by atoms with E-state index < -0.39 is 0 Å². The molecule has 0 bridgehead atoms. The maximum Gasteiger partial charge on any atom is 0.0619 e. The summed E-state index contributed by atoms with van der Waals surface area (Å²) in [5.74, 6) is 0.671.